The molecule has 0 aliphatic carbocycles. The first kappa shape index (κ1) is 12.9. The summed E-state index contributed by atoms with van der Waals surface area (Å²) in [6.45, 7) is 2.22. The standard InChI is InChI=1S/C17H15BrS/c1-2-12-7-8-15(18)9-14(12)11-16-10-13-5-3-4-6-17(13)19-16/h3-10H,2,11H2,1H3. The van der Waals surface area contributed by atoms with Gasteiger partial charge in [-0.05, 0) is 47.2 Å². The van der Waals surface area contributed by atoms with Gasteiger partial charge in [-0.3, -0.25) is 0 Å². The van der Waals surface area contributed by atoms with Crippen LogP contribution in [0.4, 0.5) is 0 Å². The maximum Gasteiger partial charge on any atom is 0.0345 e. The third kappa shape index (κ3) is 2.75. The smallest absolute Gasteiger partial charge is 0.0345 e. The molecule has 0 unspecified atom stereocenters. The van der Waals surface area contributed by atoms with E-state index in [1.807, 2.05) is 11.3 Å². The van der Waals surface area contributed by atoms with Gasteiger partial charge in [0.25, 0.3) is 0 Å². The molecule has 0 aliphatic heterocycles. The molecule has 2 aromatic carbocycles. The van der Waals surface area contributed by atoms with Gasteiger partial charge in [-0.1, -0.05) is 47.1 Å². The van der Waals surface area contributed by atoms with E-state index in [0.717, 1.165) is 12.8 Å². The maximum atomic E-state index is 3.58. The Balaban J connectivity index is 1.98. The minimum atomic E-state index is 1.03. The van der Waals surface area contributed by atoms with Gasteiger partial charge in [0, 0.05) is 20.5 Å². The van der Waals surface area contributed by atoms with Crippen LogP contribution in [-0.4, -0.2) is 0 Å². The summed E-state index contributed by atoms with van der Waals surface area (Å²) in [6, 6.07) is 17.5. The normalized spacial score (nSPS) is 11.1. The van der Waals surface area contributed by atoms with Gasteiger partial charge in [0.2, 0.25) is 0 Å². The van der Waals surface area contributed by atoms with Crippen molar-refractivity contribution >= 4 is 37.4 Å². The summed E-state index contributed by atoms with van der Waals surface area (Å²) in [4.78, 5) is 1.44. The third-order valence-corrected chi connectivity index (χ3v) is 5.00. The van der Waals surface area contributed by atoms with Gasteiger partial charge < -0.3 is 0 Å². The Kier molecular flexibility index (Phi) is 3.72. The first-order chi connectivity index (χ1) is 9.26. The van der Waals surface area contributed by atoms with Crippen molar-refractivity contribution in [3.8, 4) is 0 Å². The van der Waals surface area contributed by atoms with Crippen LogP contribution in [-0.2, 0) is 12.8 Å². The summed E-state index contributed by atoms with van der Waals surface area (Å²) < 4.78 is 2.55. The van der Waals surface area contributed by atoms with E-state index in [4.69, 9.17) is 0 Å². The minimum Gasteiger partial charge on any atom is -0.140 e. The molecule has 19 heavy (non-hydrogen) atoms. The molecular weight excluding hydrogens is 316 g/mol. The number of hydrogen-bond acceptors (Lipinski definition) is 1. The Hall–Kier alpha value is -1.12. The molecule has 1 heterocycles. The Morgan fingerprint density at radius 1 is 1.00 bits per heavy atom. The number of halogens is 1. The molecule has 1 aromatic heterocycles. The summed E-state index contributed by atoms with van der Waals surface area (Å²) in [5, 5.41) is 1.36. The van der Waals surface area contributed by atoms with Crippen molar-refractivity contribution in [1.29, 1.82) is 0 Å². The van der Waals surface area contributed by atoms with Crippen LogP contribution in [0.2, 0.25) is 0 Å². The highest BCUT2D eigenvalue weighted by atomic mass is 79.9. The fourth-order valence-electron chi connectivity index (χ4n) is 2.42. The van der Waals surface area contributed by atoms with Gasteiger partial charge in [-0.2, -0.15) is 0 Å². The van der Waals surface area contributed by atoms with Gasteiger partial charge in [-0.25, -0.2) is 0 Å². The Morgan fingerprint density at radius 2 is 1.84 bits per heavy atom. The number of rotatable bonds is 3. The molecule has 0 N–H and O–H groups in total. The van der Waals surface area contributed by atoms with Crippen LogP contribution >= 0.6 is 27.3 Å². The van der Waals surface area contributed by atoms with Crippen LogP contribution in [0.5, 0.6) is 0 Å². The van der Waals surface area contributed by atoms with E-state index >= 15 is 0 Å². The van der Waals surface area contributed by atoms with Crippen LogP contribution in [0.25, 0.3) is 10.1 Å². The van der Waals surface area contributed by atoms with E-state index in [9.17, 15) is 0 Å². The van der Waals surface area contributed by atoms with E-state index in [2.05, 4.69) is 71.4 Å². The molecule has 0 saturated heterocycles. The van der Waals surface area contributed by atoms with Gasteiger partial charge in [0.15, 0.2) is 0 Å². The van der Waals surface area contributed by atoms with E-state index in [0.29, 0.717) is 0 Å². The zero-order valence-electron chi connectivity index (χ0n) is 10.8. The minimum absolute atomic E-state index is 1.03. The highest BCUT2D eigenvalue weighted by Crippen LogP contribution is 2.29. The van der Waals surface area contributed by atoms with Crippen LogP contribution in [0.1, 0.15) is 22.9 Å². The van der Waals surface area contributed by atoms with Crippen LogP contribution in [0.15, 0.2) is 53.0 Å². The van der Waals surface area contributed by atoms with Crippen molar-refractivity contribution in [3.63, 3.8) is 0 Å². The van der Waals surface area contributed by atoms with E-state index in [1.54, 1.807) is 0 Å². The lowest BCUT2D eigenvalue weighted by atomic mass is 10.0. The summed E-state index contributed by atoms with van der Waals surface area (Å²) in [5.41, 5.74) is 2.88. The first-order valence-corrected chi connectivity index (χ1v) is 8.12. The lowest BCUT2D eigenvalue weighted by molar-refractivity contribution is 1.07. The summed E-state index contributed by atoms with van der Waals surface area (Å²) >= 11 is 5.48. The topological polar surface area (TPSA) is 0 Å². The molecule has 3 aromatic rings. The fraction of sp³-hybridized carbons (Fsp3) is 0.176. The van der Waals surface area contributed by atoms with Crippen LogP contribution in [0.3, 0.4) is 0 Å². The molecule has 3 rings (SSSR count). The summed E-state index contributed by atoms with van der Waals surface area (Å²) in [6.07, 6.45) is 2.12. The predicted molar refractivity (Wildman–Crippen MR) is 88.2 cm³/mol. The molecule has 0 aliphatic rings. The number of thiophene rings is 1. The summed E-state index contributed by atoms with van der Waals surface area (Å²) in [5.74, 6) is 0. The van der Waals surface area contributed by atoms with Gasteiger partial charge in [0.05, 0.1) is 0 Å². The number of hydrogen-bond donors (Lipinski definition) is 0. The fourth-order valence-corrected chi connectivity index (χ4v) is 3.91. The second kappa shape index (κ2) is 5.48. The SMILES string of the molecule is CCc1ccc(Br)cc1Cc1cc2ccccc2s1. The molecule has 0 saturated carbocycles. The van der Waals surface area contributed by atoms with Crippen molar-refractivity contribution in [2.45, 2.75) is 19.8 Å². The maximum absolute atomic E-state index is 3.58. The van der Waals surface area contributed by atoms with Crippen molar-refractivity contribution in [2.75, 3.05) is 0 Å². The number of fused-ring (bicyclic) bond motifs is 1. The number of aryl methyl sites for hydroxylation is 1. The summed E-state index contributed by atoms with van der Waals surface area (Å²) in [7, 11) is 0. The molecule has 0 amide bonds. The second-order valence-electron chi connectivity index (χ2n) is 4.69. The van der Waals surface area contributed by atoms with Crippen LogP contribution < -0.4 is 0 Å². The van der Waals surface area contributed by atoms with Crippen molar-refractivity contribution in [1.82, 2.24) is 0 Å². The van der Waals surface area contributed by atoms with E-state index < -0.39 is 0 Å². The Bertz CT molecular complexity index is 679. The van der Waals surface area contributed by atoms with Crippen molar-refractivity contribution < 1.29 is 0 Å². The largest absolute Gasteiger partial charge is 0.140 e. The third-order valence-electron chi connectivity index (χ3n) is 3.39. The molecule has 0 fully saturated rings. The van der Waals surface area contributed by atoms with E-state index in [-0.39, 0.29) is 0 Å². The molecule has 0 bridgehead atoms. The molecule has 96 valence electrons. The molecular formula is C17H15BrS. The molecule has 0 nitrogen and oxygen atoms in total. The van der Waals surface area contributed by atoms with Crippen molar-refractivity contribution in [3.05, 3.63) is 69.0 Å². The van der Waals surface area contributed by atoms with Gasteiger partial charge >= 0.3 is 0 Å². The molecule has 0 radical (unpaired) electrons. The van der Waals surface area contributed by atoms with Gasteiger partial charge in [-0.15, -0.1) is 11.3 Å². The Morgan fingerprint density at radius 3 is 2.63 bits per heavy atom. The number of benzene rings is 2. The predicted octanol–water partition coefficient (Wildman–Crippen LogP) is 5.82. The monoisotopic (exact) mass is 330 g/mol. The van der Waals surface area contributed by atoms with Crippen molar-refractivity contribution in [2.24, 2.45) is 0 Å². The average Bonchev–Trinajstić information content (AvgIpc) is 2.81. The molecule has 0 atom stereocenters. The highest BCUT2D eigenvalue weighted by molar-refractivity contribution is 9.10. The molecule has 2 heteroatoms. The van der Waals surface area contributed by atoms with Gasteiger partial charge in [0.1, 0.15) is 0 Å². The Labute approximate surface area is 126 Å². The zero-order valence-corrected chi connectivity index (χ0v) is 13.2. The van der Waals surface area contributed by atoms with Crippen LogP contribution in [0, 0.1) is 0 Å². The second-order valence-corrected chi connectivity index (χ2v) is 6.78. The zero-order chi connectivity index (χ0) is 13.2. The lowest BCUT2D eigenvalue weighted by Gasteiger charge is -2.07. The average molecular weight is 331 g/mol. The quantitative estimate of drug-likeness (QED) is 0.567. The molecule has 0 spiro atoms. The first-order valence-electron chi connectivity index (χ1n) is 6.51. The lowest BCUT2D eigenvalue weighted by Crippen LogP contribution is -1.92. The van der Waals surface area contributed by atoms with E-state index in [1.165, 1.54) is 30.6 Å². The highest BCUT2D eigenvalue weighted by Gasteiger charge is 2.06.